The maximum atomic E-state index is 12.1. The van der Waals surface area contributed by atoms with Gasteiger partial charge in [-0.15, -0.1) is 0 Å². The van der Waals surface area contributed by atoms with Gasteiger partial charge in [-0.3, -0.25) is 4.79 Å². The van der Waals surface area contributed by atoms with E-state index < -0.39 is 0 Å². The highest BCUT2D eigenvalue weighted by Gasteiger charge is 2.33. The maximum absolute atomic E-state index is 12.1. The van der Waals surface area contributed by atoms with Crippen molar-refractivity contribution in [2.75, 3.05) is 0 Å². The Balaban J connectivity index is 1.95. The minimum atomic E-state index is -0.166. The topological polar surface area (TPSA) is 17.1 Å². The van der Waals surface area contributed by atoms with E-state index in [1.54, 1.807) is 6.92 Å². The molecule has 0 saturated heterocycles. The summed E-state index contributed by atoms with van der Waals surface area (Å²) in [5.74, 6) is 0.259. The smallest absolute Gasteiger partial charge is 0.160 e. The molecule has 2 aliphatic rings. The third-order valence-corrected chi connectivity index (χ3v) is 9.05. The van der Waals surface area contributed by atoms with E-state index in [0.29, 0.717) is 0 Å². The molecule has 0 bridgehead atoms. The average Bonchev–Trinajstić information content (AvgIpc) is 2.57. The number of hydrogen-bond acceptors (Lipinski definition) is 1. The Labute approximate surface area is 136 Å². The average molecular weight is 316 g/mol. The van der Waals surface area contributed by atoms with Crippen LogP contribution in [0.2, 0.25) is 0 Å². The molecule has 1 aromatic carbocycles. The van der Waals surface area contributed by atoms with Gasteiger partial charge in [0.2, 0.25) is 0 Å². The van der Waals surface area contributed by atoms with Gasteiger partial charge in [0.1, 0.15) is 0 Å². The monoisotopic (exact) mass is 316 g/mol. The molecular weight excluding hydrogens is 287 g/mol. The largest absolute Gasteiger partial charge is 0.294 e. The first kappa shape index (κ1) is 16.2. The zero-order chi connectivity index (χ0) is 15.4. The van der Waals surface area contributed by atoms with Crippen molar-refractivity contribution >= 4 is 19.0 Å². The summed E-state index contributed by atoms with van der Waals surface area (Å²) in [5, 5.41) is 1.43. The van der Waals surface area contributed by atoms with Crippen LogP contribution >= 0.6 is 7.92 Å². The van der Waals surface area contributed by atoms with Crippen molar-refractivity contribution in [2.24, 2.45) is 0 Å². The normalized spacial score (nSPS) is 21.2. The van der Waals surface area contributed by atoms with Crippen LogP contribution in [-0.4, -0.2) is 17.1 Å². The Morgan fingerprint density at radius 3 is 1.86 bits per heavy atom. The van der Waals surface area contributed by atoms with Crippen LogP contribution in [0.3, 0.4) is 0 Å². The molecule has 0 radical (unpaired) electrons. The molecule has 0 spiro atoms. The molecule has 3 rings (SSSR count). The van der Waals surface area contributed by atoms with Gasteiger partial charge in [-0.25, -0.2) is 0 Å². The molecule has 2 fully saturated rings. The molecule has 0 heterocycles. The van der Waals surface area contributed by atoms with Gasteiger partial charge in [0.15, 0.2) is 5.78 Å². The predicted molar refractivity (Wildman–Crippen MR) is 96.7 cm³/mol. The van der Waals surface area contributed by atoms with Crippen molar-refractivity contribution in [2.45, 2.75) is 82.4 Å². The SMILES string of the molecule is CC(=O)c1ccccc1P(C1CCCCC1)C1CCCCC1. The van der Waals surface area contributed by atoms with Gasteiger partial charge in [-0.05, 0) is 49.2 Å². The fraction of sp³-hybridized carbons (Fsp3) is 0.650. The summed E-state index contributed by atoms with van der Waals surface area (Å²) in [6.45, 7) is 1.74. The quantitative estimate of drug-likeness (QED) is 0.517. The summed E-state index contributed by atoms with van der Waals surface area (Å²) in [6, 6.07) is 8.54. The van der Waals surface area contributed by atoms with Crippen molar-refractivity contribution in [3.8, 4) is 0 Å². The van der Waals surface area contributed by atoms with Gasteiger partial charge in [-0.1, -0.05) is 70.7 Å². The molecule has 22 heavy (non-hydrogen) atoms. The summed E-state index contributed by atoms with van der Waals surface area (Å²) in [7, 11) is -0.166. The van der Waals surface area contributed by atoms with Crippen molar-refractivity contribution in [1.29, 1.82) is 0 Å². The molecule has 120 valence electrons. The Bertz CT molecular complexity index is 480. The van der Waals surface area contributed by atoms with E-state index in [1.165, 1.54) is 69.5 Å². The third kappa shape index (κ3) is 3.62. The highest BCUT2D eigenvalue weighted by Crippen LogP contribution is 2.55. The van der Waals surface area contributed by atoms with E-state index in [-0.39, 0.29) is 13.7 Å². The lowest BCUT2D eigenvalue weighted by atomic mass is 9.99. The summed E-state index contributed by atoms with van der Waals surface area (Å²) < 4.78 is 0. The predicted octanol–water partition coefficient (Wildman–Crippen LogP) is 5.66. The van der Waals surface area contributed by atoms with Crippen LogP contribution in [0.5, 0.6) is 0 Å². The van der Waals surface area contributed by atoms with Crippen LogP contribution in [0.4, 0.5) is 0 Å². The Hall–Kier alpha value is -0.680. The van der Waals surface area contributed by atoms with Crippen LogP contribution in [0.25, 0.3) is 0 Å². The summed E-state index contributed by atoms with van der Waals surface area (Å²) >= 11 is 0. The molecule has 0 unspecified atom stereocenters. The van der Waals surface area contributed by atoms with Gasteiger partial charge in [0.25, 0.3) is 0 Å². The van der Waals surface area contributed by atoms with Crippen LogP contribution in [0, 0.1) is 0 Å². The van der Waals surface area contributed by atoms with Crippen molar-refractivity contribution in [3.05, 3.63) is 29.8 Å². The second-order valence-electron chi connectivity index (χ2n) is 7.06. The van der Waals surface area contributed by atoms with E-state index in [2.05, 4.69) is 18.2 Å². The number of carbonyl (C=O) groups excluding carboxylic acids is 1. The van der Waals surface area contributed by atoms with Crippen LogP contribution in [0.15, 0.2) is 24.3 Å². The Morgan fingerprint density at radius 2 is 1.36 bits per heavy atom. The molecule has 0 aromatic heterocycles. The van der Waals surface area contributed by atoms with Gasteiger partial charge < -0.3 is 0 Å². The lowest BCUT2D eigenvalue weighted by Gasteiger charge is -2.39. The Kier molecular flexibility index (Phi) is 5.69. The molecule has 0 amide bonds. The number of carbonyl (C=O) groups is 1. The van der Waals surface area contributed by atoms with E-state index in [1.807, 2.05) is 6.07 Å². The number of ketones is 1. The fourth-order valence-corrected chi connectivity index (χ4v) is 8.40. The second-order valence-corrected chi connectivity index (χ2v) is 9.82. The first-order valence-corrected chi connectivity index (χ1v) is 10.6. The maximum Gasteiger partial charge on any atom is 0.160 e. The number of rotatable bonds is 4. The van der Waals surface area contributed by atoms with Gasteiger partial charge in [-0.2, -0.15) is 0 Å². The molecular formula is C20H29OP. The lowest BCUT2D eigenvalue weighted by molar-refractivity contribution is 0.101. The lowest BCUT2D eigenvalue weighted by Crippen LogP contribution is -2.28. The molecule has 2 saturated carbocycles. The number of benzene rings is 1. The van der Waals surface area contributed by atoms with Crippen molar-refractivity contribution in [3.63, 3.8) is 0 Å². The Morgan fingerprint density at radius 1 is 0.864 bits per heavy atom. The summed E-state index contributed by atoms with van der Waals surface area (Å²) in [5.41, 5.74) is 2.75. The summed E-state index contributed by atoms with van der Waals surface area (Å²) in [4.78, 5) is 12.1. The van der Waals surface area contributed by atoms with E-state index >= 15 is 0 Å². The zero-order valence-electron chi connectivity index (χ0n) is 13.9. The second kappa shape index (κ2) is 7.73. The first-order chi connectivity index (χ1) is 10.8. The number of Topliss-reactive ketones (excluding diaryl/α,β-unsaturated/α-hetero) is 1. The molecule has 2 aliphatic carbocycles. The van der Waals surface area contributed by atoms with Crippen LogP contribution in [-0.2, 0) is 0 Å². The first-order valence-electron chi connectivity index (χ1n) is 9.15. The van der Waals surface area contributed by atoms with E-state index in [9.17, 15) is 4.79 Å². The minimum Gasteiger partial charge on any atom is -0.294 e. The van der Waals surface area contributed by atoms with Crippen molar-refractivity contribution < 1.29 is 4.79 Å². The molecule has 0 atom stereocenters. The van der Waals surface area contributed by atoms with Gasteiger partial charge in [0, 0.05) is 5.56 Å². The highest BCUT2D eigenvalue weighted by molar-refractivity contribution is 7.67. The van der Waals surface area contributed by atoms with Gasteiger partial charge in [0.05, 0.1) is 0 Å². The standard InChI is InChI=1S/C20H29OP/c1-16(21)19-14-8-9-15-20(19)22(17-10-4-2-5-11-17)18-12-6-3-7-13-18/h8-9,14-15,17-18H,2-7,10-13H2,1H3. The molecule has 1 aromatic rings. The van der Waals surface area contributed by atoms with E-state index in [0.717, 1.165) is 16.9 Å². The van der Waals surface area contributed by atoms with Gasteiger partial charge >= 0.3 is 0 Å². The summed E-state index contributed by atoms with van der Waals surface area (Å²) in [6.07, 6.45) is 14.0. The third-order valence-electron chi connectivity index (χ3n) is 5.50. The molecule has 1 nitrogen and oxygen atoms in total. The van der Waals surface area contributed by atoms with Crippen molar-refractivity contribution in [1.82, 2.24) is 0 Å². The van der Waals surface area contributed by atoms with Crippen LogP contribution in [0.1, 0.15) is 81.5 Å². The molecule has 0 N–H and O–H groups in total. The number of hydrogen-bond donors (Lipinski definition) is 0. The highest BCUT2D eigenvalue weighted by atomic mass is 31.1. The van der Waals surface area contributed by atoms with E-state index in [4.69, 9.17) is 0 Å². The van der Waals surface area contributed by atoms with Crippen LogP contribution < -0.4 is 5.30 Å². The fourth-order valence-electron chi connectivity index (χ4n) is 4.41. The zero-order valence-corrected chi connectivity index (χ0v) is 14.8. The molecule has 2 heteroatoms. The minimum absolute atomic E-state index is 0.166. The molecule has 0 aliphatic heterocycles.